The number of methoxy groups -OCH3 is 1. The van der Waals surface area contributed by atoms with Gasteiger partial charge in [-0.1, -0.05) is 51.5 Å². The highest BCUT2D eigenvalue weighted by Gasteiger charge is 2.09. The summed E-state index contributed by atoms with van der Waals surface area (Å²) in [6.07, 6.45) is 9.02. The standard InChI is InChI=1S/C17H29NO/c1-4-5-6-7-8-9-10-17(18)16-12-11-15(19-3)13-14(16)2/h11-13,17H,4-10,18H2,1-3H3. The van der Waals surface area contributed by atoms with Gasteiger partial charge in [0.05, 0.1) is 7.11 Å². The lowest BCUT2D eigenvalue weighted by Crippen LogP contribution is -2.11. The molecule has 1 unspecified atom stereocenters. The summed E-state index contributed by atoms with van der Waals surface area (Å²) in [7, 11) is 1.70. The Hall–Kier alpha value is -1.02. The van der Waals surface area contributed by atoms with Crippen LogP contribution in [0.3, 0.4) is 0 Å². The summed E-state index contributed by atoms with van der Waals surface area (Å²) >= 11 is 0. The van der Waals surface area contributed by atoms with E-state index in [1.165, 1.54) is 49.7 Å². The van der Waals surface area contributed by atoms with Crippen molar-refractivity contribution in [3.05, 3.63) is 29.3 Å². The molecule has 0 heterocycles. The molecule has 0 amide bonds. The van der Waals surface area contributed by atoms with Crippen molar-refractivity contribution in [2.24, 2.45) is 5.73 Å². The first-order valence-corrected chi connectivity index (χ1v) is 7.59. The second-order valence-electron chi connectivity index (χ2n) is 5.39. The van der Waals surface area contributed by atoms with Gasteiger partial charge in [-0.25, -0.2) is 0 Å². The van der Waals surface area contributed by atoms with Gasteiger partial charge in [0, 0.05) is 6.04 Å². The predicted molar refractivity (Wildman–Crippen MR) is 82.7 cm³/mol. The van der Waals surface area contributed by atoms with E-state index >= 15 is 0 Å². The monoisotopic (exact) mass is 263 g/mol. The third kappa shape index (κ3) is 5.65. The zero-order valence-corrected chi connectivity index (χ0v) is 12.7. The molecule has 2 heteroatoms. The fourth-order valence-electron chi connectivity index (χ4n) is 2.49. The summed E-state index contributed by atoms with van der Waals surface area (Å²) in [6, 6.07) is 6.34. The first-order chi connectivity index (χ1) is 9.19. The van der Waals surface area contributed by atoms with Crippen LogP contribution in [0.25, 0.3) is 0 Å². The van der Waals surface area contributed by atoms with Crippen LogP contribution < -0.4 is 10.5 Å². The Balaban J connectivity index is 2.34. The largest absolute Gasteiger partial charge is 0.497 e. The second kappa shape index (κ2) is 8.98. The molecule has 1 aromatic carbocycles. The Kier molecular flexibility index (Phi) is 7.57. The molecule has 19 heavy (non-hydrogen) atoms. The molecule has 0 aliphatic heterocycles. The van der Waals surface area contributed by atoms with Crippen LogP contribution in [-0.4, -0.2) is 7.11 Å². The fraction of sp³-hybridized carbons (Fsp3) is 0.647. The van der Waals surface area contributed by atoms with Crippen LogP contribution in [0.15, 0.2) is 18.2 Å². The topological polar surface area (TPSA) is 35.2 Å². The molecular weight excluding hydrogens is 234 g/mol. The Morgan fingerprint density at radius 3 is 2.42 bits per heavy atom. The molecule has 0 aliphatic rings. The van der Waals surface area contributed by atoms with Gasteiger partial charge in [0.1, 0.15) is 5.75 Å². The van der Waals surface area contributed by atoms with Gasteiger partial charge in [0.15, 0.2) is 0 Å². The van der Waals surface area contributed by atoms with E-state index < -0.39 is 0 Å². The van der Waals surface area contributed by atoms with Gasteiger partial charge in [0.25, 0.3) is 0 Å². The van der Waals surface area contributed by atoms with Crippen LogP contribution in [0.5, 0.6) is 5.75 Å². The van der Waals surface area contributed by atoms with E-state index in [1.54, 1.807) is 7.11 Å². The summed E-state index contributed by atoms with van der Waals surface area (Å²) in [5.41, 5.74) is 8.78. The molecule has 2 N–H and O–H groups in total. The van der Waals surface area contributed by atoms with Crippen LogP contribution in [0, 0.1) is 6.92 Å². The maximum Gasteiger partial charge on any atom is 0.119 e. The van der Waals surface area contributed by atoms with Crippen molar-refractivity contribution in [1.82, 2.24) is 0 Å². The zero-order valence-electron chi connectivity index (χ0n) is 12.7. The van der Waals surface area contributed by atoms with Gasteiger partial charge in [-0.15, -0.1) is 0 Å². The Morgan fingerprint density at radius 1 is 1.11 bits per heavy atom. The first kappa shape index (κ1) is 16.0. The quantitative estimate of drug-likeness (QED) is 0.652. The van der Waals surface area contributed by atoms with Crippen molar-refractivity contribution in [2.45, 2.75) is 64.8 Å². The number of benzene rings is 1. The minimum absolute atomic E-state index is 0.164. The molecule has 0 aliphatic carbocycles. The fourth-order valence-corrected chi connectivity index (χ4v) is 2.49. The van der Waals surface area contributed by atoms with Crippen molar-refractivity contribution in [3.63, 3.8) is 0 Å². The Morgan fingerprint density at radius 2 is 1.79 bits per heavy atom. The van der Waals surface area contributed by atoms with Crippen molar-refractivity contribution in [3.8, 4) is 5.75 Å². The number of aryl methyl sites for hydroxylation is 1. The molecule has 0 bridgehead atoms. The van der Waals surface area contributed by atoms with Crippen LogP contribution >= 0.6 is 0 Å². The molecule has 108 valence electrons. The summed E-state index contributed by atoms with van der Waals surface area (Å²) in [5.74, 6) is 0.910. The molecule has 1 aromatic rings. The summed E-state index contributed by atoms with van der Waals surface area (Å²) in [5, 5.41) is 0. The predicted octanol–water partition coefficient (Wildman–Crippen LogP) is 4.75. The molecule has 0 saturated heterocycles. The number of rotatable bonds is 9. The minimum Gasteiger partial charge on any atom is -0.497 e. The molecule has 1 rings (SSSR count). The van der Waals surface area contributed by atoms with Gasteiger partial charge in [-0.05, 0) is 36.6 Å². The summed E-state index contributed by atoms with van der Waals surface area (Å²) < 4.78 is 5.22. The average molecular weight is 263 g/mol. The highest BCUT2D eigenvalue weighted by Crippen LogP contribution is 2.24. The highest BCUT2D eigenvalue weighted by molar-refractivity contribution is 5.36. The molecular formula is C17H29NO. The van der Waals surface area contributed by atoms with E-state index in [2.05, 4.69) is 26.0 Å². The van der Waals surface area contributed by atoms with Crippen molar-refractivity contribution in [2.75, 3.05) is 7.11 Å². The van der Waals surface area contributed by atoms with Crippen molar-refractivity contribution < 1.29 is 4.74 Å². The lowest BCUT2D eigenvalue weighted by molar-refractivity contribution is 0.414. The molecule has 0 aromatic heterocycles. The minimum atomic E-state index is 0.164. The van der Waals surface area contributed by atoms with Crippen LogP contribution in [0.2, 0.25) is 0 Å². The van der Waals surface area contributed by atoms with Crippen molar-refractivity contribution in [1.29, 1.82) is 0 Å². The lowest BCUT2D eigenvalue weighted by atomic mass is 9.96. The molecule has 0 fully saturated rings. The Labute approximate surface area is 118 Å². The van der Waals surface area contributed by atoms with Gasteiger partial charge in [0.2, 0.25) is 0 Å². The number of hydrogen-bond donors (Lipinski definition) is 1. The maximum atomic E-state index is 6.29. The summed E-state index contributed by atoms with van der Waals surface area (Å²) in [6.45, 7) is 4.36. The Bertz CT molecular complexity index is 362. The van der Waals surface area contributed by atoms with E-state index in [0.29, 0.717) is 0 Å². The highest BCUT2D eigenvalue weighted by atomic mass is 16.5. The number of ether oxygens (including phenoxy) is 1. The van der Waals surface area contributed by atoms with Crippen LogP contribution in [0.4, 0.5) is 0 Å². The molecule has 0 spiro atoms. The van der Waals surface area contributed by atoms with E-state index in [1.807, 2.05) is 6.07 Å². The molecule has 2 nitrogen and oxygen atoms in total. The van der Waals surface area contributed by atoms with E-state index in [-0.39, 0.29) is 6.04 Å². The maximum absolute atomic E-state index is 6.29. The lowest BCUT2D eigenvalue weighted by Gasteiger charge is -2.15. The van der Waals surface area contributed by atoms with Gasteiger partial charge < -0.3 is 10.5 Å². The van der Waals surface area contributed by atoms with Gasteiger partial charge >= 0.3 is 0 Å². The van der Waals surface area contributed by atoms with E-state index in [0.717, 1.165) is 12.2 Å². The second-order valence-corrected chi connectivity index (χ2v) is 5.39. The molecule has 0 saturated carbocycles. The SMILES string of the molecule is CCCCCCCCC(N)c1ccc(OC)cc1C. The summed E-state index contributed by atoms with van der Waals surface area (Å²) in [4.78, 5) is 0. The zero-order chi connectivity index (χ0) is 14.1. The first-order valence-electron chi connectivity index (χ1n) is 7.59. The van der Waals surface area contributed by atoms with E-state index in [4.69, 9.17) is 10.5 Å². The number of nitrogens with two attached hydrogens (primary N) is 1. The molecule has 0 radical (unpaired) electrons. The van der Waals surface area contributed by atoms with Crippen LogP contribution in [-0.2, 0) is 0 Å². The smallest absolute Gasteiger partial charge is 0.119 e. The molecule has 1 atom stereocenters. The van der Waals surface area contributed by atoms with Crippen LogP contribution in [0.1, 0.15) is 69.0 Å². The third-order valence-electron chi connectivity index (χ3n) is 3.75. The van der Waals surface area contributed by atoms with Gasteiger partial charge in [-0.2, -0.15) is 0 Å². The average Bonchev–Trinajstić information content (AvgIpc) is 2.42. The number of unbranched alkanes of at least 4 members (excludes halogenated alkanes) is 5. The normalized spacial score (nSPS) is 12.4. The van der Waals surface area contributed by atoms with Gasteiger partial charge in [-0.3, -0.25) is 0 Å². The van der Waals surface area contributed by atoms with E-state index in [9.17, 15) is 0 Å². The van der Waals surface area contributed by atoms with Crippen molar-refractivity contribution >= 4 is 0 Å². The number of hydrogen-bond acceptors (Lipinski definition) is 2. The third-order valence-corrected chi connectivity index (χ3v) is 3.75.